The normalized spacial score (nSPS) is 22.1. The molecule has 202 valence electrons. The van der Waals surface area contributed by atoms with Gasteiger partial charge >= 0.3 is 6.03 Å². The number of aromatic amines is 1. The van der Waals surface area contributed by atoms with Gasteiger partial charge in [-0.05, 0) is 49.1 Å². The molecule has 3 aliphatic heterocycles. The first-order valence-electron chi connectivity index (χ1n) is 13.8. The van der Waals surface area contributed by atoms with Crippen LogP contribution in [0, 0.1) is 6.92 Å². The van der Waals surface area contributed by atoms with E-state index in [1.165, 1.54) is 4.90 Å². The van der Waals surface area contributed by atoms with Gasteiger partial charge in [-0.3, -0.25) is 14.5 Å². The number of nitrogens with one attached hydrogen (secondary N) is 2. The van der Waals surface area contributed by atoms with Gasteiger partial charge in [0.1, 0.15) is 12.1 Å². The Morgan fingerprint density at radius 1 is 1.02 bits per heavy atom. The van der Waals surface area contributed by atoms with E-state index >= 15 is 0 Å². The largest absolute Gasteiger partial charge is 0.376 e. The Morgan fingerprint density at radius 2 is 1.80 bits per heavy atom. The summed E-state index contributed by atoms with van der Waals surface area (Å²) in [5.74, 6) is -0.653. The maximum Gasteiger partial charge on any atom is 0.332 e. The quantitative estimate of drug-likeness (QED) is 0.357. The lowest BCUT2D eigenvalue weighted by Crippen LogP contribution is -2.44. The van der Waals surface area contributed by atoms with Gasteiger partial charge in [-0.25, -0.2) is 9.69 Å². The second-order valence-corrected chi connectivity index (χ2v) is 10.8. The predicted octanol–water partition coefficient (Wildman–Crippen LogP) is 4.87. The van der Waals surface area contributed by atoms with Crippen molar-refractivity contribution >= 4 is 34.4 Å². The van der Waals surface area contributed by atoms with Crippen LogP contribution in [0.5, 0.6) is 0 Å². The van der Waals surface area contributed by atoms with Crippen LogP contribution >= 0.6 is 0 Å². The molecule has 4 heterocycles. The van der Waals surface area contributed by atoms with Crippen molar-refractivity contribution in [2.45, 2.75) is 44.4 Å². The van der Waals surface area contributed by atoms with Gasteiger partial charge in [0, 0.05) is 36.2 Å². The fourth-order valence-electron chi connectivity index (χ4n) is 6.36. The summed E-state index contributed by atoms with van der Waals surface area (Å²) < 4.78 is 5.64. The first kappa shape index (κ1) is 24.6. The summed E-state index contributed by atoms with van der Waals surface area (Å²) in [6.07, 6.45) is 2.26. The zero-order valence-electron chi connectivity index (χ0n) is 22.2. The van der Waals surface area contributed by atoms with E-state index in [1.54, 1.807) is 29.2 Å². The molecule has 0 radical (unpaired) electrons. The Hall–Kier alpha value is -4.43. The second-order valence-electron chi connectivity index (χ2n) is 10.8. The van der Waals surface area contributed by atoms with Crippen LogP contribution in [0.3, 0.4) is 0 Å². The Labute approximate surface area is 231 Å². The summed E-state index contributed by atoms with van der Waals surface area (Å²) in [5.41, 5.74) is 5.58. The van der Waals surface area contributed by atoms with Gasteiger partial charge in [-0.2, -0.15) is 0 Å². The standard InChI is InChI=1S/C32H30N4O4/c1-19-12-14-20(15-13-19)29-28-24(22-8-2-4-10-25(22)34-28)17-27-31(38)36(32(39)35(27)29)26-11-5-3-9-23(26)30(37)33-18-21-7-6-16-40-21/h2-5,8-15,21,27,29,34H,6-7,16-18H2,1H3,(H,33,37)/t21-,27-,29-/m0/s1. The summed E-state index contributed by atoms with van der Waals surface area (Å²) in [7, 11) is 0. The average Bonchev–Trinajstić information content (AvgIpc) is 3.69. The lowest BCUT2D eigenvalue weighted by molar-refractivity contribution is -0.120. The zero-order valence-corrected chi connectivity index (χ0v) is 22.2. The van der Waals surface area contributed by atoms with Gasteiger partial charge in [0.2, 0.25) is 0 Å². The third kappa shape index (κ3) is 3.90. The summed E-state index contributed by atoms with van der Waals surface area (Å²) in [4.78, 5) is 48.0. The van der Waals surface area contributed by atoms with Gasteiger partial charge in [0.25, 0.3) is 11.8 Å². The number of hydrogen-bond donors (Lipinski definition) is 2. The van der Waals surface area contributed by atoms with Gasteiger partial charge in [-0.1, -0.05) is 60.2 Å². The highest BCUT2D eigenvalue weighted by Crippen LogP contribution is 2.45. The molecule has 2 N–H and O–H groups in total. The number of benzene rings is 3. The van der Waals surface area contributed by atoms with E-state index < -0.39 is 18.1 Å². The van der Waals surface area contributed by atoms with Crippen LogP contribution in [-0.4, -0.2) is 53.0 Å². The number of amides is 4. The Kier molecular flexibility index (Phi) is 5.93. The van der Waals surface area contributed by atoms with Crippen LogP contribution in [0.2, 0.25) is 0 Å². The molecule has 3 aromatic carbocycles. The minimum Gasteiger partial charge on any atom is -0.376 e. The number of carbonyl (C=O) groups excluding carboxylic acids is 3. The van der Waals surface area contributed by atoms with Gasteiger partial charge in [0.15, 0.2) is 0 Å². The van der Waals surface area contributed by atoms with Crippen LogP contribution in [-0.2, 0) is 16.0 Å². The molecule has 2 saturated heterocycles. The van der Waals surface area contributed by atoms with Crippen LogP contribution < -0.4 is 10.2 Å². The van der Waals surface area contributed by atoms with E-state index in [4.69, 9.17) is 4.74 Å². The van der Waals surface area contributed by atoms with E-state index in [2.05, 4.69) is 16.4 Å². The molecule has 8 nitrogen and oxygen atoms in total. The van der Waals surface area contributed by atoms with Gasteiger partial charge in [0.05, 0.1) is 17.4 Å². The number of para-hydroxylation sites is 2. The molecule has 0 unspecified atom stereocenters. The summed E-state index contributed by atoms with van der Waals surface area (Å²) >= 11 is 0. The van der Waals surface area contributed by atoms with Crippen LogP contribution in [0.15, 0.2) is 72.8 Å². The molecule has 3 atom stereocenters. The lowest BCUT2D eigenvalue weighted by atomic mass is 9.88. The van der Waals surface area contributed by atoms with Crippen molar-refractivity contribution in [3.63, 3.8) is 0 Å². The van der Waals surface area contributed by atoms with Crippen molar-refractivity contribution < 1.29 is 19.1 Å². The summed E-state index contributed by atoms with van der Waals surface area (Å²) in [5, 5.41) is 3.99. The minimum absolute atomic E-state index is 0.0146. The van der Waals surface area contributed by atoms with Crippen LogP contribution in [0.25, 0.3) is 10.9 Å². The number of fused-ring (bicyclic) bond motifs is 4. The van der Waals surface area contributed by atoms with E-state index in [0.717, 1.165) is 46.1 Å². The summed E-state index contributed by atoms with van der Waals surface area (Å²) in [6, 6.07) is 21.4. The van der Waals surface area contributed by atoms with Crippen molar-refractivity contribution in [3.05, 3.63) is 101 Å². The molecule has 1 aromatic heterocycles. The number of aromatic nitrogens is 1. The van der Waals surface area contributed by atoms with E-state index in [1.807, 2.05) is 49.4 Å². The maximum atomic E-state index is 14.2. The molecule has 40 heavy (non-hydrogen) atoms. The number of rotatable bonds is 5. The van der Waals surface area contributed by atoms with Crippen molar-refractivity contribution in [1.82, 2.24) is 15.2 Å². The highest BCUT2D eigenvalue weighted by atomic mass is 16.5. The molecule has 2 fully saturated rings. The number of anilines is 1. The monoisotopic (exact) mass is 534 g/mol. The molecule has 0 spiro atoms. The molecule has 3 aliphatic rings. The van der Waals surface area contributed by atoms with Gasteiger partial charge < -0.3 is 15.0 Å². The van der Waals surface area contributed by atoms with E-state index in [9.17, 15) is 14.4 Å². The number of H-pyrrole nitrogens is 1. The van der Waals surface area contributed by atoms with Crippen molar-refractivity contribution in [2.24, 2.45) is 0 Å². The molecule has 0 saturated carbocycles. The molecular formula is C32H30N4O4. The van der Waals surface area contributed by atoms with Crippen LogP contribution in [0.4, 0.5) is 10.5 Å². The predicted molar refractivity (Wildman–Crippen MR) is 151 cm³/mol. The highest BCUT2D eigenvalue weighted by molar-refractivity contribution is 6.24. The lowest BCUT2D eigenvalue weighted by Gasteiger charge is -2.36. The Bertz CT molecular complexity index is 1640. The Balaban J connectivity index is 1.29. The van der Waals surface area contributed by atoms with E-state index in [0.29, 0.717) is 25.3 Å². The number of aryl methyl sites for hydroxylation is 1. The number of urea groups is 1. The molecule has 7 rings (SSSR count). The van der Waals surface area contributed by atoms with Gasteiger partial charge in [-0.15, -0.1) is 0 Å². The first-order chi connectivity index (χ1) is 19.5. The number of nitrogens with zero attached hydrogens (tertiary/aromatic N) is 2. The fraction of sp³-hybridized carbons (Fsp3) is 0.281. The molecule has 0 bridgehead atoms. The van der Waals surface area contributed by atoms with Crippen LogP contribution in [0.1, 0.15) is 51.6 Å². The van der Waals surface area contributed by atoms with E-state index in [-0.39, 0.29) is 23.5 Å². The third-order valence-electron chi connectivity index (χ3n) is 8.35. The summed E-state index contributed by atoms with van der Waals surface area (Å²) in [6.45, 7) is 3.11. The Morgan fingerprint density at radius 3 is 2.60 bits per heavy atom. The zero-order chi connectivity index (χ0) is 27.4. The number of imide groups is 1. The van der Waals surface area contributed by atoms with Crippen molar-refractivity contribution in [3.8, 4) is 0 Å². The highest BCUT2D eigenvalue weighted by Gasteiger charge is 2.53. The van der Waals surface area contributed by atoms with Crippen molar-refractivity contribution in [1.29, 1.82) is 0 Å². The first-order valence-corrected chi connectivity index (χ1v) is 13.8. The van der Waals surface area contributed by atoms with Crippen molar-refractivity contribution in [2.75, 3.05) is 18.1 Å². The SMILES string of the molecule is Cc1ccc([C@H]2c3[nH]c4ccccc4c3C[C@H]3C(=O)N(c4ccccc4C(=O)NC[C@@H]4CCCO4)C(=O)N23)cc1. The number of hydrogen-bond acceptors (Lipinski definition) is 4. The fourth-order valence-corrected chi connectivity index (χ4v) is 6.36. The third-order valence-corrected chi connectivity index (χ3v) is 8.35. The second kappa shape index (κ2) is 9.64. The molecule has 0 aliphatic carbocycles. The minimum atomic E-state index is -0.687. The smallest absolute Gasteiger partial charge is 0.332 e. The number of carbonyl (C=O) groups is 3. The average molecular weight is 535 g/mol. The molecule has 4 aromatic rings. The molecule has 4 amide bonds. The molecular weight excluding hydrogens is 504 g/mol. The topological polar surface area (TPSA) is 94.7 Å². The molecule has 8 heteroatoms. The number of ether oxygens (including phenoxy) is 1. The maximum absolute atomic E-state index is 14.2.